The van der Waals surface area contributed by atoms with E-state index in [2.05, 4.69) is 30.3 Å². The quantitative estimate of drug-likeness (QED) is 0.688. The van der Waals surface area contributed by atoms with Crippen molar-refractivity contribution in [3.8, 4) is 11.4 Å². The fourth-order valence-corrected chi connectivity index (χ4v) is 3.68. The Labute approximate surface area is 151 Å². The Morgan fingerprint density at radius 2 is 2.00 bits per heavy atom. The molecule has 3 aromatic rings. The normalized spacial score (nSPS) is 12.3. The zero-order valence-electron chi connectivity index (χ0n) is 13.9. The molecule has 6 heteroatoms. The molecule has 0 aliphatic rings. The molecule has 2 aromatic heterocycles. The Morgan fingerprint density at radius 3 is 2.62 bits per heavy atom. The van der Waals surface area contributed by atoms with Gasteiger partial charge in [-0.05, 0) is 50.2 Å². The third kappa shape index (κ3) is 3.64. The SMILES string of the molecule is COc1ccc(-n2ncc([C@@H](C)NCc3ccc(Cl)s3)c2C)cc1. The van der Waals surface area contributed by atoms with Gasteiger partial charge in [-0.1, -0.05) is 11.6 Å². The molecule has 3 rings (SSSR count). The van der Waals surface area contributed by atoms with Crippen LogP contribution in [0, 0.1) is 6.92 Å². The maximum Gasteiger partial charge on any atom is 0.119 e. The summed E-state index contributed by atoms with van der Waals surface area (Å²) in [5.74, 6) is 0.841. The molecule has 0 amide bonds. The topological polar surface area (TPSA) is 39.1 Å². The summed E-state index contributed by atoms with van der Waals surface area (Å²) < 4.78 is 7.98. The molecule has 0 spiro atoms. The van der Waals surface area contributed by atoms with Gasteiger partial charge in [-0.25, -0.2) is 4.68 Å². The van der Waals surface area contributed by atoms with Crippen LogP contribution < -0.4 is 10.1 Å². The number of methoxy groups -OCH3 is 1. The fourth-order valence-electron chi connectivity index (χ4n) is 2.64. The summed E-state index contributed by atoms with van der Waals surface area (Å²) in [7, 11) is 1.67. The second-order valence-electron chi connectivity index (χ2n) is 5.60. The van der Waals surface area contributed by atoms with Gasteiger partial charge in [-0.2, -0.15) is 5.10 Å². The van der Waals surface area contributed by atoms with Gasteiger partial charge in [0.2, 0.25) is 0 Å². The van der Waals surface area contributed by atoms with Gasteiger partial charge < -0.3 is 10.1 Å². The molecule has 0 bridgehead atoms. The minimum Gasteiger partial charge on any atom is -0.497 e. The maximum atomic E-state index is 5.98. The smallest absolute Gasteiger partial charge is 0.119 e. The van der Waals surface area contributed by atoms with E-state index in [1.807, 2.05) is 41.2 Å². The van der Waals surface area contributed by atoms with Crippen LogP contribution in [0.1, 0.15) is 29.1 Å². The van der Waals surface area contributed by atoms with Crippen LogP contribution in [0.3, 0.4) is 0 Å². The zero-order valence-corrected chi connectivity index (χ0v) is 15.5. The molecule has 1 atom stereocenters. The molecule has 24 heavy (non-hydrogen) atoms. The summed E-state index contributed by atoms with van der Waals surface area (Å²) in [6, 6.07) is 12.1. The number of aromatic nitrogens is 2. The predicted molar refractivity (Wildman–Crippen MR) is 99.4 cm³/mol. The second kappa shape index (κ2) is 7.38. The first-order valence-electron chi connectivity index (χ1n) is 7.75. The Balaban J connectivity index is 1.73. The molecule has 1 N–H and O–H groups in total. The molecule has 0 saturated carbocycles. The third-order valence-electron chi connectivity index (χ3n) is 4.04. The van der Waals surface area contributed by atoms with Gasteiger partial charge in [-0.3, -0.25) is 0 Å². The van der Waals surface area contributed by atoms with Crippen molar-refractivity contribution in [3.05, 3.63) is 63.1 Å². The van der Waals surface area contributed by atoms with Crippen LogP contribution in [0.4, 0.5) is 0 Å². The van der Waals surface area contributed by atoms with Crippen molar-refractivity contribution in [1.82, 2.24) is 15.1 Å². The second-order valence-corrected chi connectivity index (χ2v) is 7.40. The first-order chi connectivity index (χ1) is 11.6. The first kappa shape index (κ1) is 17.0. The lowest BCUT2D eigenvalue weighted by Gasteiger charge is -2.13. The lowest BCUT2D eigenvalue weighted by atomic mass is 10.1. The average Bonchev–Trinajstić information content (AvgIpc) is 3.18. The van der Waals surface area contributed by atoms with Crippen molar-refractivity contribution in [2.75, 3.05) is 7.11 Å². The highest BCUT2D eigenvalue weighted by Gasteiger charge is 2.14. The van der Waals surface area contributed by atoms with Crippen LogP contribution in [-0.2, 0) is 6.54 Å². The van der Waals surface area contributed by atoms with Gasteiger partial charge in [0.15, 0.2) is 0 Å². The summed E-state index contributed by atoms with van der Waals surface area (Å²) in [5, 5.41) is 8.07. The molecule has 4 nitrogen and oxygen atoms in total. The molecule has 2 heterocycles. The molecule has 0 aliphatic heterocycles. The van der Waals surface area contributed by atoms with Gasteiger partial charge in [0.25, 0.3) is 0 Å². The van der Waals surface area contributed by atoms with Crippen LogP contribution in [-0.4, -0.2) is 16.9 Å². The Morgan fingerprint density at radius 1 is 1.25 bits per heavy atom. The predicted octanol–water partition coefficient (Wildman–Crippen LogP) is 4.76. The summed E-state index contributed by atoms with van der Waals surface area (Å²) in [6.45, 7) is 5.04. The van der Waals surface area contributed by atoms with Crippen molar-refractivity contribution < 1.29 is 4.74 Å². The van der Waals surface area contributed by atoms with E-state index in [-0.39, 0.29) is 6.04 Å². The summed E-state index contributed by atoms with van der Waals surface area (Å²) in [6.07, 6.45) is 1.93. The Hall–Kier alpha value is -1.82. The van der Waals surface area contributed by atoms with Crippen LogP contribution >= 0.6 is 22.9 Å². The molecule has 0 saturated heterocycles. The Kier molecular flexibility index (Phi) is 5.23. The zero-order chi connectivity index (χ0) is 17.1. The molecule has 0 unspecified atom stereocenters. The van der Waals surface area contributed by atoms with E-state index in [0.29, 0.717) is 0 Å². The number of halogens is 1. The number of hydrogen-bond acceptors (Lipinski definition) is 4. The van der Waals surface area contributed by atoms with Gasteiger partial charge >= 0.3 is 0 Å². The Bertz CT molecular complexity index is 810. The largest absolute Gasteiger partial charge is 0.497 e. The molecule has 0 aliphatic carbocycles. The number of benzene rings is 1. The summed E-state index contributed by atoms with van der Waals surface area (Å²) in [4.78, 5) is 1.23. The van der Waals surface area contributed by atoms with E-state index in [4.69, 9.17) is 16.3 Å². The monoisotopic (exact) mass is 361 g/mol. The molecule has 1 aromatic carbocycles. The number of rotatable bonds is 6. The fraction of sp³-hybridized carbons (Fsp3) is 0.278. The van der Waals surface area contributed by atoms with Crippen LogP contribution in [0.15, 0.2) is 42.6 Å². The summed E-state index contributed by atoms with van der Waals surface area (Å²) in [5.41, 5.74) is 3.34. The van der Waals surface area contributed by atoms with E-state index in [9.17, 15) is 0 Å². The molecular weight excluding hydrogens is 342 g/mol. The molecular formula is C18H20ClN3OS. The average molecular weight is 362 g/mol. The van der Waals surface area contributed by atoms with Crippen LogP contribution in [0.2, 0.25) is 4.34 Å². The minimum atomic E-state index is 0.206. The highest BCUT2D eigenvalue weighted by Crippen LogP contribution is 2.24. The van der Waals surface area contributed by atoms with Crippen molar-refractivity contribution >= 4 is 22.9 Å². The number of hydrogen-bond donors (Lipinski definition) is 1. The van der Waals surface area contributed by atoms with Crippen molar-refractivity contribution in [1.29, 1.82) is 0 Å². The van der Waals surface area contributed by atoms with Crippen molar-refractivity contribution in [2.24, 2.45) is 0 Å². The highest BCUT2D eigenvalue weighted by atomic mass is 35.5. The van der Waals surface area contributed by atoms with Crippen LogP contribution in [0.25, 0.3) is 5.69 Å². The minimum absolute atomic E-state index is 0.206. The van der Waals surface area contributed by atoms with Gasteiger partial charge in [0.1, 0.15) is 5.75 Å². The van der Waals surface area contributed by atoms with Gasteiger partial charge in [-0.15, -0.1) is 11.3 Å². The van der Waals surface area contributed by atoms with Crippen molar-refractivity contribution in [2.45, 2.75) is 26.4 Å². The van der Waals surface area contributed by atoms with E-state index < -0.39 is 0 Å². The number of nitrogens with one attached hydrogen (secondary N) is 1. The standard InChI is InChI=1S/C18H20ClN3OS/c1-12(20-10-16-8-9-18(19)24-16)17-11-21-22(13(17)2)14-4-6-15(23-3)7-5-14/h4-9,11-12,20H,10H2,1-3H3/t12-/m1/s1. The lowest BCUT2D eigenvalue weighted by Crippen LogP contribution is -2.18. The van der Waals surface area contributed by atoms with E-state index in [0.717, 1.165) is 28.0 Å². The summed E-state index contributed by atoms with van der Waals surface area (Å²) >= 11 is 7.58. The molecule has 0 radical (unpaired) electrons. The first-order valence-corrected chi connectivity index (χ1v) is 8.94. The van der Waals surface area contributed by atoms with E-state index >= 15 is 0 Å². The maximum absolute atomic E-state index is 5.98. The van der Waals surface area contributed by atoms with Crippen LogP contribution in [0.5, 0.6) is 5.75 Å². The number of nitrogens with zero attached hydrogens (tertiary/aromatic N) is 2. The highest BCUT2D eigenvalue weighted by molar-refractivity contribution is 7.16. The molecule has 126 valence electrons. The van der Waals surface area contributed by atoms with Gasteiger partial charge in [0, 0.05) is 28.7 Å². The third-order valence-corrected chi connectivity index (χ3v) is 5.27. The number of ether oxygens (including phenoxy) is 1. The molecule has 0 fully saturated rings. The van der Waals surface area contributed by atoms with E-state index in [1.165, 1.54) is 10.4 Å². The number of thiophene rings is 1. The van der Waals surface area contributed by atoms with Crippen molar-refractivity contribution in [3.63, 3.8) is 0 Å². The van der Waals surface area contributed by atoms with E-state index in [1.54, 1.807) is 18.4 Å². The lowest BCUT2D eigenvalue weighted by molar-refractivity contribution is 0.414. The van der Waals surface area contributed by atoms with Gasteiger partial charge in [0.05, 0.1) is 23.3 Å².